The van der Waals surface area contributed by atoms with Gasteiger partial charge in [0, 0.05) is 4.88 Å². The average molecular weight is 369 g/mol. The molecule has 1 heterocycles. The summed E-state index contributed by atoms with van der Waals surface area (Å²) in [6.07, 6.45) is 0.250. The van der Waals surface area contributed by atoms with Crippen molar-refractivity contribution in [2.45, 2.75) is 19.4 Å². The molecule has 134 valence electrons. The Kier molecular flexibility index (Phi) is 5.68. The Morgan fingerprint density at radius 1 is 1.19 bits per heavy atom. The van der Waals surface area contributed by atoms with E-state index in [1.807, 2.05) is 42.6 Å². The fourth-order valence-electron chi connectivity index (χ4n) is 2.80. The minimum Gasteiger partial charge on any atom is -0.496 e. The van der Waals surface area contributed by atoms with Crippen LogP contribution in [0.3, 0.4) is 0 Å². The molecule has 0 bridgehead atoms. The molecule has 1 unspecified atom stereocenters. The van der Waals surface area contributed by atoms with Gasteiger partial charge in [-0.1, -0.05) is 30.3 Å². The van der Waals surface area contributed by atoms with Crippen LogP contribution in [0.2, 0.25) is 0 Å². The molecule has 0 aliphatic rings. The SMILES string of the molecule is COc1cc(CC(=O)NC(c2ccc(F)cc2)c2cccs2)ccc1C. The molecule has 1 atom stereocenters. The molecular formula is C21H20FNO2S. The molecule has 26 heavy (non-hydrogen) atoms. The van der Waals surface area contributed by atoms with E-state index in [9.17, 15) is 9.18 Å². The molecule has 0 aliphatic heterocycles. The monoisotopic (exact) mass is 369 g/mol. The van der Waals surface area contributed by atoms with Crippen LogP contribution in [0.4, 0.5) is 4.39 Å². The van der Waals surface area contributed by atoms with E-state index in [0.717, 1.165) is 27.3 Å². The number of methoxy groups -OCH3 is 1. The van der Waals surface area contributed by atoms with Crippen LogP contribution in [0.1, 0.15) is 27.6 Å². The summed E-state index contributed by atoms with van der Waals surface area (Å²) in [6, 6.07) is 15.6. The van der Waals surface area contributed by atoms with Crippen LogP contribution < -0.4 is 10.1 Å². The van der Waals surface area contributed by atoms with Gasteiger partial charge >= 0.3 is 0 Å². The van der Waals surface area contributed by atoms with Gasteiger partial charge in [-0.15, -0.1) is 11.3 Å². The maximum absolute atomic E-state index is 13.2. The van der Waals surface area contributed by atoms with E-state index in [0.29, 0.717) is 0 Å². The average Bonchev–Trinajstić information content (AvgIpc) is 3.16. The van der Waals surface area contributed by atoms with E-state index >= 15 is 0 Å². The standard InChI is InChI=1S/C21H20FNO2S/c1-14-5-6-15(12-18(14)25-2)13-20(24)23-21(19-4-3-11-26-19)16-7-9-17(22)10-8-16/h3-12,21H,13H2,1-2H3,(H,23,24). The molecule has 0 aliphatic carbocycles. The lowest BCUT2D eigenvalue weighted by molar-refractivity contribution is -0.120. The summed E-state index contributed by atoms with van der Waals surface area (Å²) >= 11 is 1.56. The Bertz CT molecular complexity index is 876. The highest BCUT2D eigenvalue weighted by molar-refractivity contribution is 7.10. The van der Waals surface area contributed by atoms with Gasteiger partial charge in [0.25, 0.3) is 0 Å². The first-order chi connectivity index (χ1) is 12.6. The molecule has 2 aromatic carbocycles. The number of rotatable bonds is 6. The highest BCUT2D eigenvalue weighted by Gasteiger charge is 2.18. The molecule has 1 N–H and O–H groups in total. The Hall–Kier alpha value is -2.66. The van der Waals surface area contributed by atoms with Gasteiger partial charge in [0.2, 0.25) is 5.91 Å². The Balaban J connectivity index is 1.78. The third-order valence-electron chi connectivity index (χ3n) is 4.17. The zero-order valence-electron chi connectivity index (χ0n) is 14.7. The summed E-state index contributed by atoms with van der Waals surface area (Å²) in [4.78, 5) is 13.6. The van der Waals surface area contributed by atoms with Crippen molar-refractivity contribution in [1.82, 2.24) is 5.32 Å². The van der Waals surface area contributed by atoms with Crippen molar-refractivity contribution >= 4 is 17.2 Å². The first-order valence-electron chi connectivity index (χ1n) is 8.28. The first kappa shape index (κ1) is 18.1. The van der Waals surface area contributed by atoms with E-state index < -0.39 is 0 Å². The van der Waals surface area contributed by atoms with E-state index in [1.165, 1.54) is 12.1 Å². The predicted molar refractivity (Wildman–Crippen MR) is 102 cm³/mol. The molecule has 1 amide bonds. The van der Waals surface area contributed by atoms with Crippen molar-refractivity contribution in [3.8, 4) is 5.75 Å². The number of halogens is 1. The summed E-state index contributed by atoms with van der Waals surface area (Å²) < 4.78 is 18.6. The summed E-state index contributed by atoms with van der Waals surface area (Å²) in [5.41, 5.74) is 2.76. The molecule has 0 saturated heterocycles. The molecule has 3 nitrogen and oxygen atoms in total. The molecule has 0 fully saturated rings. The van der Waals surface area contributed by atoms with Crippen molar-refractivity contribution in [2.75, 3.05) is 7.11 Å². The third-order valence-corrected chi connectivity index (χ3v) is 5.11. The third kappa shape index (κ3) is 4.29. The maximum atomic E-state index is 13.2. The minimum absolute atomic E-state index is 0.0985. The summed E-state index contributed by atoms with van der Waals surface area (Å²) in [6.45, 7) is 1.96. The van der Waals surface area contributed by atoms with Crippen LogP contribution in [0.5, 0.6) is 5.75 Å². The molecule has 1 aromatic heterocycles. The van der Waals surface area contributed by atoms with E-state index in [2.05, 4.69) is 5.32 Å². The molecular weight excluding hydrogens is 349 g/mol. The molecule has 3 rings (SSSR count). The summed E-state index contributed by atoms with van der Waals surface area (Å²) in [7, 11) is 1.62. The van der Waals surface area contributed by atoms with Crippen molar-refractivity contribution < 1.29 is 13.9 Å². The first-order valence-corrected chi connectivity index (χ1v) is 9.16. The van der Waals surface area contributed by atoms with E-state index in [-0.39, 0.29) is 24.2 Å². The lowest BCUT2D eigenvalue weighted by Gasteiger charge is -2.18. The number of aryl methyl sites for hydroxylation is 1. The smallest absolute Gasteiger partial charge is 0.225 e. The number of hydrogen-bond acceptors (Lipinski definition) is 3. The van der Waals surface area contributed by atoms with Crippen LogP contribution >= 0.6 is 11.3 Å². The molecule has 0 radical (unpaired) electrons. The zero-order chi connectivity index (χ0) is 18.5. The van der Waals surface area contributed by atoms with Gasteiger partial charge in [-0.2, -0.15) is 0 Å². The lowest BCUT2D eigenvalue weighted by atomic mass is 10.0. The second-order valence-corrected chi connectivity index (χ2v) is 7.03. The number of amides is 1. The van der Waals surface area contributed by atoms with Gasteiger partial charge in [-0.3, -0.25) is 4.79 Å². The Morgan fingerprint density at radius 2 is 1.96 bits per heavy atom. The van der Waals surface area contributed by atoms with Crippen LogP contribution in [0.25, 0.3) is 0 Å². The van der Waals surface area contributed by atoms with Gasteiger partial charge < -0.3 is 10.1 Å². The normalized spacial score (nSPS) is 11.8. The van der Waals surface area contributed by atoms with Gasteiger partial charge in [-0.25, -0.2) is 4.39 Å². The number of carbonyl (C=O) groups excluding carboxylic acids is 1. The topological polar surface area (TPSA) is 38.3 Å². The fraction of sp³-hybridized carbons (Fsp3) is 0.190. The number of nitrogens with one attached hydrogen (secondary N) is 1. The molecule has 0 saturated carbocycles. The van der Waals surface area contributed by atoms with E-state index in [1.54, 1.807) is 30.6 Å². The van der Waals surface area contributed by atoms with E-state index in [4.69, 9.17) is 4.74 Å². The van der Waals surface area contributed by atoms with Crippen molar-refractivity contribution in [3.63, 3.8) is 0 Å². The van der Waals surface area contributed by atoms with Gasteiger partial charge in [-0.05, 0) is 53.3 Å². The highest BCUT2D eigenvalue weighted by Crippen LogP contribution is 2.26. The Morgan fingerprint density at radius 3 is 2.62 bits per heavy atom. The molecule has 3 aromatic rings. The van der Waals surface area contributed by atoms with Crippen LogP contribution in [0, 0.1) is 12.7 Å². The van der Waals surface area contributed by atoms with Crippen molar-refractivity contribution in [2.24, 2.45) is 0 Å². The molecule has 5 heteroatoms. The largest absolute Gasteiger partial charge is 0.496 e. The summed E-state index contributed by atoms with van der Waals surface area (Å²) in [5, 5.41) is 5.03. The maximum Gasteiger partial charge on any atom is 0.225 e. The number of carbonyl (C=O) groups is 1. The Labute approximate surface area is 156 Å². The summed E-state index contributed by atoms with van der Waals surface area (Å²) in [5.74, 6) is 0.374. The van der Waals surface area contributed by atoms with Gasteiger partial charge in [0.1, 0.15) is 11.6 Å². The van der Waals surface area contributed by atoms with Gasteiger partial charge in [0.15, 0.2) is 0 Å². The highest BCUT2D eigenvalue weighted by atomic mass is 32.1. The second kappa shape index (κ2) is 8.15. The number of benzene rings is 2. The van der Waals surface area contributed by atoms with Gasteiger partial charge in [0.05, 0.1) is 19.6 Å². The number of hydrogen-bond donors (Lipinski definition) is 1. The van der Waals surface area contributed by atoms with Crippen molar-refractivity contribution in [3.05, 3.63) is 87.4 Å². The second-order valence-electron chi connectivity index (χ2n) is 6.05. The minimum atomic E-state index is -0.296. The van der Waals surface area contributed by atoms with Crippen LogP contribution in [-0.2, 0) is 11.2 Å². The molecule has 0 spiro atoms. The lowest BCUT2D eigenvalue weighted by Crippen LogP contribution is -2.30. The zero-order valence-corrected chi connectivity index (χ0v) is 15.5. The van der Waals surface area contributed by atoms with Crippen molar-refractivity contribution in [1.29, 1.82) is 0 Å². The quantitative estimate of drug-likeness (QED) is 0.687. The predicted octanol–water partition coefficient (Wildman–Crippen LogP) is 4.65. The van der Waals surface area contributed by atoms with Crippen LogP contribution in [-0.4, -0.2) is 13.0 Å². The fourth-order valence-corrected chi connectivity index (χ4v) is 3.60. The number of thiophene rings is 1. The number of ether oxygens (including phenoxy) is 1. The van der Waals surface area contributed by atoms with Crippen LogP contribution in [0.15, 0.2) is 60.0 Å².